The molecule has 0 heterocycles. The van der Waals surface area contributed by atoms with Crippen molar-refractivity contribution in [2.24, 2.45) is 0 Å². The van der Waals surface area contributed by atoms with E-state index >= 15 is 0 Å². The number of likely N-dealkylation sites (N-methyl/N-ethyl adjacent to an activating group) is 1. The van der Waals surface area contributed by atoms with Gasteiger partial charge in [0.25, 0.3) is 0 Å². The van der Waals surface area contributed by atoms with E-state index in [1.165, 1.54) is 5.56 Å². The number of ether oxygens (including phenoxy) is 1. The topological polar surface area (TPSA) is 21.3 Å². The zero-order valence-corrected chi connectivity index (χ0v) is 10.8. The van der Waals surface area contributed by atoms with Crippen molar-refractivity contribution in [3.63, 3.8) is 0 Å². The molecule has 0 amide bonds. The number of hydrogen-bond acceptors (Lipinski definition) is 2. The molecule has 0 aromatic heterocycles. The first-order chi connectivity index (χ1) is 7.77. The highest BCUT2D eigenvalue weighted by molar-refractivity contribution is 6.30. The summed E-state index contributed by atoms with van der Waals surface area (Å²) in [7, 11) is 0. The van der Waals surface area contributed by atoms with Gasteiger partial charge in [-0.1, -0.05) is 37.6 Å². The Morgan fingerprint density at radius 2 is 1.94 bits per heavy atom. The zero-order valence-electron chi connectivity index (χ0n) is 10.0. The number of benzene rings is 1. The fourth-order valence-corrected chi connectivity index (χ4v) is 1.69. The highest BCUT2D eigenvalue weighted by Gasteiger charge is 2.09. The summed E-state index contributed by atoms with van der Waals surface area (Å²) in [5.41, 5.74) is 1.22. The van der Waals surface area contributed by atoms with Crippen molar-refractivity contribution in [1.29, 1.82) is 0 Å². The van der Waals surface area contributed by atoms with Crippen LogP contribution in [0.5, 0.6) is 0 Å². The minimum atomic E-state index is 0.258. The predicted molar refractivity (Wildman–Crippen MR) is 69.0 cm³/mol. The van der Waals surface area contributed by atoms with E-state index in [2.05, 4.69) is 19.2 Å². The number of halogens is 1. The van der Waals surface area contributed by atoms with E-state index in [0.717, 1.165) is 24.6 Å². The van der Waals surface area contributed by atoms with Crippen LogP contribution in [0.3, 0.4) is 0 Å². The molecule has 0 bridgehead atoms. The SMILES string of the molecule is CCCOCC(NCC)c1ccc(Cl)cc1. The van der Waals surface area contributed by atoms with Gasteiger partial charge in [0.15, 0.2) is 0 Å². The van der Waals surface area contributed by atoms with Gasteiger partial charge in [-0.2, -0.15) is 0 Å². The normalized spacial score (nSPS) is 12.7. The van der Waals surface area contributed by atoms with Gasteiger partial charge in [0.2, 0.25) is 0 Å². The Balaban J connectivity index is 2.57. The maximum atomic E-state index is 5.87. The maximum Gasteiger partial charge on any atom is 0.0661 e. The first kappa shape index (κ1) is 13.5. The third-order valence-electron chi connectivity index (χ3n) is 2.36. The lowest BCUT2D eigenvalue weighted by molar-refractivity contribution is 0.112. The highest BCUT2D eigenvalue weighted by Crippen LogP contribution is 2.16. The van der Waals surface area contributed by atoms with Crippen molar-refractivity contribution in [3.8, 4) is 0 Å². The molecule has 0 radical (unpaired) electrons. The van der Waals surface area contributed by atoms with Gasteiger partial charge >= 0.3 is 0 Å². The van der Waals surface area contributed by atoms with Gasteiger partial charge < -0.3 is 10.1 Å². The van der Waals surface area contributed by atoms with Crippen molar-refractivity contribution < 1.29 is 4.74 Å². The minimum Gasteiger partial charge on any atom is -0.379 e. The molecule has 16 heavy (non-hydrogen) atoms. The van der Waals surface area contributed by atoms with Gasteiger partial charge in [0.05, 0.1) is 12.6 Å². The molecule has 1 rings (SSSR count). The predicted octanol–water partition coefficient (Wildman–Crippen LogP) is 3.42. The number of hydrogen-bond donors (Lipinski definition) is 1. The molecular weight excluding hydrogens is 222 g/mol. The molecule has 1 unspecified atom stereocenters. The first-order valence-corrected chi connectivity index (χ1v) is 6.22. The molecule has 0 aliphatic heterocycles. The van der Waals surface area contributed by atoms with Crippen LogP contribution in [0.4, 0.5) is 0 Å². The van der Waals surface area contributed by atoms with Crippen molar-refractivity contribution in [2.75, 3.05) is 19.8 Å². The van der Waals surface area contributed by atoms with Crippen LogP contribution in [0.2, 0.25) is 5.02 Å². The van der Waals surface area contributed by atoms with E-state index in [1.54, 1.807) is 0 Å². The van der Waals surface area contributed by atoms with E-state index in [-0.39, 0.29) is 6.04 Å². The Morgan fingerprint density at radius 3 is 2.50 bits per heavy atom. The third-order valence-corrected chi connectivity index (χ3v) is 2.61. The van der Waals surface area contributed by atoms with Crippen molar-refractivity contribution >= 4 is 11.6 Å². The molecule has 2 nitrogen and oxygen atoms in total. The van der Waals surface area contributed by atoms with E-state index in [1.807, 2.05) is 24.3 Å². The quantitative estimate of drug-likeness (QED) is 0.739. The van der Waals surface area contributed by atoms with Gasteiger partial charge in [0.1, 0.15) is 0 Å². The Morgan fingerprint density at radius 1 is 1.25 bits per heavy atom. The fraction of sp³-hybridized carbons (Fsp3) is 0.538. The van der Waals surface area contributed by atoms with Crippen molar-refractivity contribution in [1.82, 2.24) is 5.32 Å². The lowest BCUT2D eigenvalue weighted by Crippen LogP contribution is -2.25. The minimum absolute atomic E-state index is 0.258. The Hall–Kier alpha value is -0.570. The smallest absolute Gasteiger partial charge is 0.0661 e. The fourth-order valence-electron chi connectivity index (χ4n) is 1.56. The van der Waals surface area contributed by atoms with Crippen LogP contribution in [0.1, 0.15) is 31.9 Å². The summed E-state index contributed by atoms with van der Waals surface area (Å²) in [6.07, 6.45) is 1.06. The molecule has 90 valence electrons. The standard InChI is InChI=1S/C13H20ClNO/c1-3-9-16-10-13(15-4-2)11-5-7-12(14)8-6-11/h5-8,13,15H,3-4,9-10H2,1-2H3. The molecule has 1 aromatic rings. The molecule has 0 saturated carbocycles. The van der Waals surface area contributed by atoms with Crippen LogP contribution in [-0.2, 0) is 4.74 Å². The summed E-state index contributed by atoms with van der Waals surface area (Å²) >= 11 is 5.87. The average molecular weight is 242 g/mol. The van der Waals surface area contributed by atoms with E-state index in [0.29, 0.717) is 6.61 Å². The molecule has 0 spiro atoms. The van der Waals surface area contributed by atoms with Crippen molar-refractivity contribution in [3.05, 3.63) is 34.9 Å². The van der Waals surface area contributed by atoms with Crippen LogP contribution in [0, 0.1) is 0 Å². The van der Waals surface area contributed by atoms with Crippen LogP contribution in [0.25, 0.3) is 0 Å². The average Bonchev–Trinajstić information content (AvgIpc) is 2.29. The largest absolute Gasteiger partial charge is 0.379 e. The molecule has 0 saturated heterocycles. The molecule has 1 aromatic carbocycles. The third kappa shape index (κ3) is 4.52. The van der Waals surface area contributed by atoms with Gasteiger partial charge in [-0.3, -0.25) is 0 Å². The Bertz CT molecular complexity index is 286. The molecule has 3 heteroatoms. The van der Waals surface area contributed by atoms with Gasteiger partial charge in [-0.25, -0.2) is 0 Å². The Kier molecular flexibility index (Phi) is 6.46. The van der Waals surface area contributed by atoms with E-state index in [9.17, 15) is 0 Å². The summed E-state index contributed by atoms with van der Waals surface area (Å²) in [6, 6.07) is 8.19. The van der Waals surface area contributed by atoms with Gasteiger partial charge in [0, 0.05) is 11.6 Å². The van der Waals surface area contributed by atoms with Gasteiger partial charge in [-0.05, 0) is 30.7 Å². The molecule has 0 fully saturated rings. The number of nitrogens with one attached hydrogen (secondary N) is 1. The van der Waals surface area contributed by atoms with Crippen LogP contribution >= 0.6 is 11.6 Å². The maximum absolute atomic E-state index is 5.87. The lowest BCUT2D eigenvalue weighted by Gasteiger charge is -2.18. The summed E-state index contributed by atoms with van der Waals surface area (Å²) < 4.78 is 5.59. The molecule has 1 atom stereocenters. The van der Waals surface area contributed by atoms with Crippen LogP contribution in [0.15, 0.2) is 24.3 Å². The zero-order chi connectivity index (χ0) is 11.8. The number of rotatable bonds is 7. The molecular formula is C13H20ClNO. The van der Waals surface area contributed by atoms with E-state index < -0.39 is 0 Å². The first-order valence-electron chi connectivity index (χ1n) is 5.84. The lowest BCUT2D eigenvalue weighted by atomic mass is 10.1. The van der Waals surface area contributed by atoms with Crippen LogP contribution < -0.4 is 5.32 Å². The van der Waals surface area contributed by atoms with Crippen molar-refractivity contribution in [2.45, 2.75) is 26.3 Å². The molecule has 0 aliphatic rings. The van der Waals surface area contributed by atoms with Crippen LogP contribution in [-0.4, -0.2) is 19.8 Å². The summed E-state index contributed by atoms with van der Waals surface area (Å²) in [6.45, 7) is 6.68. The summed E-state index contributed by atoms with van der Waals surface area (Å²) in [4.78, 5) is 0. The highest BCUT2D eigenvalue weighted by atomic mass is 35.5. The monoisotopic (exact) mass is 241 g/mol. The summed E-state index contributed by atoms with van der Waals surface area (Å²) in [5.74, 6) is 0. The second-order valence-corrected chi connectivity index (χ2v) is 4.17. The second kappa shape index (κ2) is 7.66. The summed E-state index contributed by atoms with van der Waals surface area (Å²) in [5, 5.41) is 4.18. The van der Waals surface area contributed by atoms with Gasteiger partial charge in [-0.15, -0.1) is 0 Å². The Labute approximate surface area is 103 Å². The molecule has 1 N–H and O–H groups in total. The second-order valence-electron chi connectivity index (χ2n) is 3.74. The molecule has 0 aliphatic carbocycles. The van der Waals surface area contributed by atoms with E-state index in [4.69, 9.17) is 16.3 Å².